The van der Waals surface area contributed by atoms with Crippen molar-refractivity contribution in [3.63, 3.8) is 0 Å². The third-order valence-electron chi connectivity index (χ3n) is 6.31. The predicted octanol–water partition coefficient (Wildman–Crippen LogP) is 3.79. The fourth-order valence-electron chi connectivity index (χ4n) is 4.72. The van der Waals surface area contributed by atoms with Gasteiger partial charge in [0.25, 0.3) is 0 Å². The van der Waals surface area contributed by atoms with Gasteiger partial charge in [-0.25, -0.2) is 4.98 Å². The number of hydrogen-bond acceptors (Lipinski definition) is 5. The van der Waals surface area contributed by atoms with E-state index in [0.29, 0.717) is 35.4 Å². The first-order valence-corrected chi connectivity index (χ1v) is 11.8. The summed E-state index contributed by atoms with van der Waals surface area (Å²) in [7, 11) is 0. The van der Waals surface area contributed by atoms with Gasteiger partial charge in [0.15, 0.2) is 0 Å². The molecule has 8 heteroatoms. The highest BCUT2D eigenvalue weighted by molar-refractivity contribution is 7.15. The van der Waals surface area contributed by atoms with Gasteiger partial charge in [0, 0.05) is 44.1 Å². The molecule has 2 amide bonds. The summed E-state index contributed by atoms with van der Waals surface area (Å²) in [5.41, 5.74) is 2.99. The Kier molecular flexibility index (Phi) is 6.17. The molecule has 0 radical (unpaired) electrons. The largest absolute Gasteiger partial charge is 0.342 e. The summed E-state index contributed by atoms with van der Waals surface area (Å²) in [6.45, 7) is 5.11. The van der Waals surface area contributed by atoms with Crippen molar-refractivity contribution in [3.05, 3.63) is 44.9 Å². The number of Topliss-reactive ketones (excluding diaryl/α,β-unsaturated/α-hetero) is 1. The molecule has 3 heterocycles. The van der Waals surface area contributed by atoms with Gasteiger partial charge in [-0.2, -0.15) is 0 Å². The average molecular weight is 460 g/mol. The minimum Gasteiger partial charge on any atom is -0.342 e. The highest BCUT2D eigenvalue weighted by atomic mass is 35.5. The van der Waals surface area contributed by atoms with Gasteiger partial charge in [-0.1, -0.05) is 23.7 Å². The number of likely N-dealkylation sites (tertiary alicyclic amines) is 1. The fourth-order valence-corrected chi connectivity index (χ4v) is 5.67. The highest BCUT2D eigenvalue weighted by Gasteiger charge is 2.49. The molecule has 4 rings (SSSR count). The van der Waals surface area contributed by atoms with Crippen LogP contribution in [0.1, 0.15) is 49.2 Å². The molecule has 1 fully saturated rings. The molecule has 1 aromatic carbocycles. The zero-order valence-electron chi connectivity index (χ0n) is 17.8. The maximum atomic E-state index is 13.2. The molecular weight excluding hydrogens is 434 g/mol. The predicted molar refractivity (Wildman–Crippen MR) is 122 cm³/mol. The number of benzene rings is 1. The SMILES string of the molecule is CC(=O)CCCc1ccc2c(c1)C1(CCN(C(C)=O)C1)CN2C(=O)Cc1ncc(Cl)s1. The Hall–Kier alpha value is -2.25. The van der Waals surface area contributed by atoms with Crippen LogP contribution in [0, 0.1) is 0 Å². The molecule has 164 valence electrons. The van der Waals surface area contributed by atoms with Gasteiger partial charge in [-0.15, -0.1) is 11.3 Å². The van der Waals surface area contributed by atoms with Gasteiger partial charge in [-0.3, -0.25) is 9.59 Å². The van der Waals surface area contributed by atoms with Gasteiger partial charge < -0.3 is 14.6 Å². The number of rotatable bonds is 6. The molecule has 6 nitrogen and oxygen atoms in total. The summed E-state index contributed by atoms with van der Waals surface area (Å²) < 4.78 is 0.573. The van der Waals surface area contributed by atoms with Gasteiger partial charge >= 0.3 is 0 Å². The second-order valence-electron chi connectivity index (χ2n) is 8.59. The Morgan fingerprint density at radius 2 is 2.03 bits per heavy atom. The number of halogens is 1. The number of aromatic nitrogens is 1. The van der Waals surface area contributed by atoms with E-state index in [4.69, 9.17) is 11.6 Å². The number of carbonyl (C=O) groups is 3. The topological polar surface area (TPSA) is 70.6 Å². The molecule has 0 saturated carbocycles. The monoisotopic (exact) mass is 459 g/mol. The molecule has 0 N–H and O–H groups in total. The van der Waals surface area contributed by atoms with Gasteiger partial charge in [0.2, 0.25) is 11.8 Å². The number of fused-ring (bicyclic) bond motifs is 2. The summed E-state index contributed by atoms with van der Waals surface area (Å²) >= 11 is 7.30. The lowest BCUT2D eigenvalue weighted by atomic mass is 9.80. The number of amides is 2. The first-order valence-electron chi connectivity index (χ1n) is 10.6. The number of nitrogens with zero attached hydrogens (tertiary/aromatic N) is 3. The third kappa shape index (κ3) is 4.53. The standard InChI is InChI=1S/C23H26ClN3O3S/c1-15(28)4-3-5-17-6-7-19-18(10-17)23(8-9-26(13-23)16(2)29)14-27(19)22(30)11-21-25-12-20(24)31-21/h6-7,10,12H,3-5,8-9,11,13-14H2,1-2H3. The van der Waals surface area contributed by atoms with Crippen molar-refractivity contribution in [1.82, 2.24) is 9.88 Å². The zero-order valence-corrected chi connectivity index (χ0v) is 19.4. The van der Waals surface area contributed by atoms with E-state index in [0.717, 1.165) is 30.5 Å². The minimum atomic E-state index is -0.242. The molecule has 2 aliphatic rings. The van der Waals surface area contributed by atoms with Crippen LogP contribution in [0.5, 0.6) is 0 Å². The quantitative estimate of drug-likeness (QED) is 0.659. The Bertz CT molecular complexity index is 1040. The first kappa shape index (κ1) is 22.0. The number of ketones is 1. The molecule has 1 spiro atoms. The van der Waals surface area contributed by atoms with E-state index < -0.39 is 0 Å². The second-order valence-corrected chi connectivity index (χ2v) is 10.3. The molecule has 2 aliphatic heterocycles. The van der Waals surface area contributed by atoms with Crippen molar-refractivity contribution < 1.29 is 14.4 Å². The van der Waals surface area contributed by atoms with Gasteiger partial charge in [0.05, 0.1) is 12.6 Å². The van der Waals surface area contributed by atoms with E-state index in [-0.39, 0.29) is 29.4 Å². The molecule has 1 saturated heterocycles. The smallest absolute Gasteiger partial charge is 0.233 e. The van der Waals surface area contributed by atoms with Crippen molar-refractivity contribution >= 4 is 46.2 Å². The van der Waals surface area contributed by atoms with E-state index in [1.807, 2.05) is 15.9 Å². The number of anilines is 1. The molecule has 1 atom stereocenters. The second kappa shape index (κ2) is 8.71. The summed E-state index contributed by atoms with van der Waals surface area (Å²) in [4.78, 5) is 44.5. The van der Waals surface area contributed by atoms with Crippen LogP contribution >= 0.6 is 22.9 Å². The molecule has 1 unspecified atom stereocenters. The van der Waals surface area contributed by atoms with Crippen molar-refractivity contribution in [3.8, 4) is 0 Å². The number of carbonyl (C=O) groups excluding carboxylic acids is 3. The Labute approximate surface area is 191 Å². The van der Waals surface area contributed by atoms with Crippen LogP contribution < -0.4 is 4.90 Å². The maximum absolute atomic E-state index is 13.2. The van der Waals surface area contributed by atoms with E-state index in [2.05, 4.69) is 17.1 Å². The summed E-state index contributed by atoms with van der Waals surface area (Å²) in [5, 5.41) is 0.704. The van der Waals surface area contributed by atoms with E-state index in [1.165, 1.54) is 16.9 Å². The fraction of sp³-hybridized carbons (Fsp3) is 0.478. The first-order chi connectivity index (χ1) is 14.8. The van der Waals surface area contributed by atoms with Crippen molar-refractivity contribution in [2.45, 2.75) is 51.4 Å². The summed E-state index contributed by atoms with van der Waals surface area (Å²) in [5.74, 6) is 0.262. The Balaban J connectivity index is 1.62. The van der Waals surface area contributed by atoms with E-state index >= 15 is 0 Å². The Morgan fingerprint density at radius 3 is 2.68 bits per heavy atom. The number of aryl methyl sites for hydroxylation is 1. The molecule has 0 aliphatic carbocycles. The lowest BCUT2D eigenvalue weighted by molar-refractivity contribution is -0.128. The van der Waals surface area contributed by atoms with E-state index in [1.54, 1.807) is 20.0 Å². The molecule has 0 bridgehead atoms. The molecular formula is C23H26ClN3O3S. The van der Waals surface area contributed by atoms with Crippen LogP contribution in [-0.2, 0) is 32.6 Å². The van der Waals surface area contributed by atoms with Crippen molar-refractivity contribution in [1.29, 1.82) is 0 Å². The third-order valence-corrected chi connectivity index (χ3v) is 7.42. The minimum absolute atomic E-state index is 0.00486. The van der Waals surface area contributed by atoms with Gasteiger partial charge in [-0.05, 0) is 43.4 Å². The summed E-state index contributed by atoms with van der Waals surface area (Å²) in [6, 6.07) is 6.26. The Morgan fingerprint density at radius 1 is 1.23 bits per heavy atom. The van der Waals surface area contributed by atoms with Crippen LogP contribution in [0.15, 0.2) is 24.4 Å². The van der Waals surface area contributed by atoms with Crippen molar-refractivity contribution in [2.75, 3.05) is 24.5 Å². The van der Waals surface area contributed by atoms with Crippen LogP contribution in [0.2, 0.25) is 4.34 Å². The van der Waals surface area contributed by atoms with Gasteiger partial charge in [0.1, 0.15) is 15.1 Å². The lowest BCUT2D eigenvalue weighted by Gasteiger charge is -2.25. The number of thiazole rings is 1. The van der Waals surface area contributed by atoms with Crippen LogP contribution in [0.3, 0.4) is 0 Å². The average Bonchev–Trinajstić information content (AvgIpc) is 3.41. The molecule has 2 aromatic rings. The summed E-state index contributed by atoms with van der Waals surface area (Å²) in [6.07, 6.45) is 4.83. The molecule has 1 aromatic heterocycles. The number of hydrogen-bond donors (Lipinski definition) is 0. The normalized spacial score (nSPS) is 19.8. The zero-order chi connectivity index (χ0) is 22.2. The van der Waals surface area contributed by atoms with Crippen LogP contribution in [-0.4, -0.2) is 47.1 Å². The maximum Gasteiger partial charge on any atom is 0.233 e. The highest BCUT2D eigenvalue weighted by Crippen LogP contribution is 2.47. The lowest BCUT2D eigenvalue weighted by Crippen LogP contribution is -2.40. The molecule has 31 heavy (non-hydrogen) atoms. The van der Waals surface area contributed by atoms with E-state index in [9.17, 15) is 14.4 Å². The van der Waals surface area contributed by atoms with Crippen LogP contribution in [0.4, 0.5) is 5.69 Å². The van der Waals surface area contributed by atoms with Crippen molar-refractivity contribution in [2.24, 2.45) is 0 Å². The van der Waals surface area contributed by atoms with Crippen LogP contribution in [0.25, 0.3) is 0 Å².